The SMILES string of the molecule is N#Cc1c(N)nc(N)nc1N[C@H](c1nc2c(C#N)cc(F)cc2c(=O)n1-c1ccccc1)C1CC1. The Morgan fingerprint density at radius 3 is 2.49 bits per heavy atom. The van der Waals surface area contributed by atoms with Crippen LogP contribution in [0.5, 0.6) is 0 Å². The Bertz CT molecular complexity index is 1620. The second-order valence-electron chi connectivity index (χ2n) is 8.17. The van der Waals surface area contributed by atoms with Crippen LogP contribution in [0.4, 0.5) is 22.0 Å². The Morgan fingerprint density at radius 2 is 1.83 bits per heavy atom. The zero-order valence-electron chi connectivity index (χ0n) is 18.2. The van der Waals surface area contributed by atoms with Gasteiger partial charge in [0.1, 0.15) is 35.2 Å². The number of halogens is 1. The Morgan fingerprint density at radius 1 is 1.09 bits per heavy atom. The highest BCUT2D eigenvalue weighted by molar-refractivity contribution is 5.84. The van der Waals surface area contributed by atoms with Crippen LogP contribution in [0.15, 0.2) is 47.3 Å². The standard InChI is InChI=1S/C24H18FN9O/c25-14-8-13(10-26)18-16(9-14)23(35)34(15-4-2-1-3-5-15)22(31-18)19(12-6-7-12)30-21-17(11-27)20(28)32-24(29)33-21/h1-5,8-9,12,19H,6-7H2,(H5,28,29,30,32,33)/t19-/m0/s1. The van der Waals surface area contributed by atoms with Gasteiger partial charge in [0, 0.05) is 0 Å². The van der Waals surface area contributed by atoms with E-state index in [4.69, 9.17) is 16.5 Å². The van der Waals surface area contributed by atoms with Crippen molar-refractivity contribution >= 4 is 28.5 Å². The van der Waals surface area contributed by atoms with Crippen molar-refractivity contribution in [1.29, 1.82) is 10.5 Å². The van der Waals surface area contributed by atoms with E-state index in [0.717, 1.165) is 25.0 Å². The van der Waals surface area contributed by atoms with Gasteiger partial charge in [0.05, 0.1) is 28.2 Å². The quantitative estimate of drug-likeness (QED) is 0.399. The highest BCUT2D eigenvalue weighted by atomic mass is 19.1. The van der Waals surface area contributed by atoms with Gasteiger partial charge in [0.25, 0.3) is 5.56 Å². The fraction of sp³-hybridized carbons (Fsp3) is 0.167. The van der Waals surface area contributed by atoms with E-state index in [1.54, 1.807) is 30.3 Å². The van der Waals surface area contributed by atoms with Crippen LogP contribution in [-0.2, 0) is 0 Å². The van der Waals surface area contributed by atoms with Crippen molar-refractivity contribution in [3.8, 4) is 17.8 Å². The lowest BCUT2D eigenvalue weighted by Gasteiger charge is -2.24. The van der Waals surface area contributed by atoms with Crippen molar-refractivity contribution in [2.75, 3.05) is 16.8 Å². The molecule has 1 aliphatic rings. The molecule has 1 fully saturated rings. The third-order valence-electron chi connectivity index (χ3n) is 5.83. The molecule has 0 aliphatic heterocycles. The molecule has 172 valence electrons. The predicted octanol–water partition coefficient (Wildman–Crippen LogP) is 2.79. The maximum atomic E-state index is 14.2. The van der Waals surface area contributed by atoms with Gasteiger partial charge >= 0.3 is 0 Å². The normalized spacial score (nSPS) is 13.7. The number of nitrogen functional groups attached to an aromatic ring is 2. The van der Waals surface area contributed by atoms with Crippen molar-refractivity contribution in [2.45, 2.75) is 18.9 Å². The fourth-order valence-electron chi connectivity index (χ4n) is 4.07. The van der Waals surface area contributed by atoms with Crippen LogP contribution in [0.3, 0.4) is 0 Å². The molecule has 0 radical (unpaired) electrons. The maximum absolute atomic E-state index is 14.2. The average Bonchev–Trinajstić information content (AvgIpc) is 3.68. The number of aromatic nitrogens is 4. The number of anilines is 3. The van der Waals surface area contributed by atoms with Crippen molar-refractivity contribution < 1.29 is 4.39 Å². The minimum Gasteiger partial charge on any atom is -0.382 e. The van der Waals surface area contributed by atoms with Crippen LogP contribution in [-0.4, -0.2) is 19.5 Å². The maximum Gasteiger partial charge on any atom is 0.266 e. The smallest absolute Gasteiger partial charge is 0.266 e. The molecule has 10 nitrogen and oxygen atoms in total. The van der Waals surface area contributed by atoms with Gasteiger partial charge in [0.2, 0.25) is 5.95 Å². The summed E-state index contributed by atoms with van der Waals surface area (Å²) in [6, 6.07) is 14.2. The number of benzene rings is 2. The first kappa shape index (κ1) is 21.8. The summed E-state index contributed by atoms with van der Waals surface area (Å²) in [6.07, 6.45) is 1.65. The van der Waals surface area contributed by atoms with Crippen molar-refractivity contribution in [3.05, 3.63) is 75.6 Å². The molecule has 2 heterocycles. The number of rotatable bonds is 5. The van der Waals surface area contributed by atoms with E-state index in [1.807, 2.05) is 12.1 Å². The monoisotopic (exact) mass is 467 g/mol. The molecule has 0 amide bonds. The summed E-state index contributed by atoms with van der Waals surface area (Å²) < 4.78 is 15.6. The molecule has 1 saturated carbocycles. The summed E-state index contributed by atoms with van der Waals surface area (Å²) in [6.45, 7) is 0. The van der Waals surface area contributed by atoms with Crippen LogP contribution in [0.1, 0.15) is 35.8 Å². The van der Waals surface area contributed by atoms with E-state index < -0.39 is 17.4 Å². The number of fused-ring (bicyclic) bond motifs is 1. The van der Waals surface area contributed by atoms with Gasteiger partial charge in [-0.3, -0.25) is 9.36 Å². The summed E-state index contributed by atoms with van der Waals surface area (Å²) in [4.78, 5) is 26.4. The summed E-state index contributed by atoms with van der Waals surface area (Å²) >= 11 is 0. The molecule has 4 aromatic rings. The lowest BCUT2D eigenvalue weighted by atomic mass is 10.1. The van der Waals surface area contributed by atoms with Gasteiger partial charge in [-0.25, -0.2) is 9.37 Å². The number of nitriles is 2. The number of hydrogen-bond donors (Lipinski definition) is 3. The van der Waals surface area contributed by atoms with E-state index >= 15 is 0 Å². The molecule has 1 atom stereocenters. The third-order valence-corrected chi connectivity index (χ3v) is 5.83. The molecule has 1 aliphatic carbocycles. The molecular weight excluding hydrogens is 449 g/mol. The van der Waals surface area contributed by atoms with Gasteiger partial charge in [0.15, 0.2) is 5.82 Å². The van der Waals surface area contributed by atoms with Crippen LogP contribution in [0.25, 0.3) is 16.6 Å². The largest absolute Gasteiger partial charge is 0.382 e. The number of nitrogens with two attached hydrogens (primary N) is 2. The fourth-order valence-corrected chi connectivity index (χ4v) is 4.07. The van der Waals surface area contributed by atoms with Crippen LogP contribution < -0.4 is 22.3 Å². The first-order valence-electron chi connectivity index (χ1n) is 10.7. The lowest BCUT2D eigenvalue weighted by Crippen LogP contribution is -2.30. The van der Waals surface area contributed by atoms with Gasteiger partial charge < -0.3 is 16.8 Å². The Hall–Kier alpha value is -5.03. The van der Waals surface area contributed by atoms with Gasteiger partial charge in [-0.2, -0.15) is 20.5 Å². The Balaban J connectivity index is 1.80. The molecule has 0 spiro atoms. The molecule has 5 N–H and O–H groups in total. The second-order valence-corrected chi connectivity index (χ2v) is 8.17. The molecule has 11 heteroatoms. The van der Waals surface area contributed by atoms with Crippen molar-refractivity contribution in [3.63, 3.8) is 0 Å². The van der Waals surface area contributed by atoms with Gasteiger partial charge in [-0.15, -0.1) is 0 Å². The van der Waals surface area contributed by atoms with Gasteiger partial charge in [-0.05, 0) is 43.0 Å². The molecule has 5 rings (SSSR count). The van der Waals surface area contributed by atoms with E-state index in [1.165, 1.54) is 4.57 Å². The lowest BCUT2D eigenvalue weighted by molar-refractivity contribution is 0.607. The molecule has 0 unspecified atom stereocenters. The average molecular weight is 467 g/mol. The molecule has 35 heavy (non-hydrogen) atoms. The topological polar surface area (TPSA) is 172 Å². The van der Waals surface area contributed by atoms with Crippen molar-refractivity contribution in [1.82, 2.24) is 19.5 Å². The Labute approximate surface area is 198 Å². The van der Waals surface area contributed by atoms with Gasteiger partial charge in [-0.1, -0.05) is 18.2 Å². The molecule has 2 aromatic carbocycles. The number of hydrogen-bond acceptors (Lipinski definition) is 9. The second kappa shape index (κ2) is 8.39. The highest BCUT2D eigenvalue weighted by Crippen LogP contribution is 2.43. The minimum absolute atomic E-state index is 0.0130. The highest BCUT2D eigenvalue weighted by Gasteiger charge is 2.37. The Kier molecular flexibility index (Phi) is 5.23. The molecular formula is C24H18FN9O. The summed E-state index contributed by atoms with van der Waals surface area (Å²) in [5.74, 6) is -0.451. The summed E-state index contributed by atoms with van der Waals surface area (Å²) in [5.41, 5.74) is 11.7. The third kappa shape index (κ3) is 3.85. The molecule has 0 saturated heterocycles. The number of nitrogens with one attached hydrogen (secondary N) is 1. The van der Waals surface area contributed by atoms with E-state index in [9.17, 15) is 19.7 Å². The summed E-state index contributed by atoms with van der Waals surface area (Å²) in [5, 5.41) is 22.4. The molecule has 2 aromatic heterocycles. The van der Waals surface area contributed by atoms with E-state index in [0.29, 0.717) is 11.5 Å². The zero-order valence-corrected chi connectivity index (χ0v) is 18.2. The van der Waals surface area contributed by atoms with E-state index in [2.05, 4.69) is 15.3 Å². The van der Waals surface area contributed by atoms with Crippen molar-refractivity contribution in [2.24, 2.45) is 5.92 Å². The number of para-hydroxylation sites is 1. The van der Waals surface area contributed by atoms with Crippen LogP contribution in [0, 0.1) is 34.4 Å². The first-order valence-corrected chi connectivity index (χ1v) is 10.7. The minimum atomic E-state index is -0.706. The first-order chi connectivity index (χ1) is 16.9. The number of nitrogens with zero attached hydrogens (tertiary/aromatic N) is 6. The zero-order chi connectivity index (χ0) is 24.7. The predicted molar refractivity (Wildman–Crippen MR) is 127 cm³/mol. The van der Waals surface area contributed by atoms with Crippen LogP contribution >= 0.6 is 0 Å². The van der Waals surface area contributed by atoms with Crippen LogP contribution in [0.2, 0.25) is 0 Å². The molecule has 0 bridgehead atoms. The van der Waals surface area contributed by atoms with E-state index in [-0.39, 0.29) is 45.5 Å². The summed E-state index contributed by atoms with van der Waals surface area (Å²) in [7, 11) is 0.